The molecule has 1 unspecified atom stereocenters. The molecule has 0 aliphatic carbocycles. The lowest BCUT2D eigenvalue weighted by atomic mass is 9.78. The summed E-state index contributed by atoms with van der Waals surface area (Å²) in [6.45, 7) is 5.30. The molecule has 6 rings (SSSR count). The van der Waals surface area contributed by atoms with Crippen LogP contribution in [0.25, 0.3) is 5.65 Å². The molecule has 0 bridgehead atoms. The standard InChI is InChI=1S/C25H29N5O4/c1-24(15-31)13-17-11-19(28-23(32)18-14-27-30-7-2-6-26-22(18)30)20(12-21(17)34-24)29-8-3-25(4-9-29)5-10-33-16-25/h2,6-7,11-12,14,31H,3-5,8-10,13,15-16H2,1H3,(H,28,32). The summed E-state index contributed by atoms with van der Waals surface area (Å²) in [5.41, 5.74) is 3.22. The second-order valence-corrected chi connectivity index (χ2v) is 10.1. The van der Waals surface area contributed by atoms with Crippen LogP contribution in [0.4, 0.5) is 11.4 Å². The molecule has 178 valence electrons. The molecule has 1 amide bonds. The van der Waals surface area contributed by atoms with Gasteiger partial charge in [0.05, 0.1) is 30.8 Å². The van der Waals surface area contributed by atoms with Gasteiger partial charge in [-0.2, -0.15) is 5.10 Å². The summed E-state index contributed by atoms with van der Waals surface area (Å²) < 4.78 is 13.4. The molecule has 2 N–H and O–H groups in total. The average Bonchev–Trinajstić information content (AvgIpc) is 3.56. The van der Waals surface area contributed by atoms with Crippen LogP contribution in [0.15, 0.2) is 36.8 Å². The molecule has 1 aromatic carbocycles. The van der Waals surface area contributed by atoms with Gasteiger partial charge in [0.2, 0.25) is 0 Å². The highest BCUT2D eigenvalue weighted by molar-refractivity contribution is 6.09. The number of anilines is 2. The van der Waals surface area contributed by atoms with Crippen LogP contribution >= 0.6 is 0 Å². The minimum Gasteiger partial charge on any atom is -0.484 e. The first-order valence-corrected chi connectivity index (χ1v) is 11.9. The molecule has 0 saturated carbocycles. The number of aromatic nitrogens is 3. The zero-order valence-electron chi connectivity index (χ0n) is 19.3. The predicted molar refractivity (Wildman–Crippen MR) is 127 cm³/mol. The number of nitrogens with zero attached hydrogens (tertiary/aromatic N) is 4. The molecule has 3 aliphatic rings. The summed E-state index contributed by atoms with van der Waals surface area (Å²) in [4.78, 5) is 19.9. The lowest BCUT2D eigenvalue weighted by Crippen LogP contribution is -2.40. The topological polar surface area (TPSA) is 101 Å². The van der Waals surface area contributed by atoms with Gasteiger partial charge < -0.3 is 24.8 Å². The van der Waals surface area contributed by atoms with Crippen molar-refractivity contribution in [2.45, 2.75) is 38.2 Å². The molecule has 2 aromatic heterocycles. The van der Waals surface area contributed by atoms with Crippen LogP contribution in [-0.4, -0.2) is 64.1 Å². The van der Waals surface area contributed by atoms with E-state index >= 15 is 0 Å². The lowest BCUT2D eigenvalue weighted by Gasteiger charge is -2.40. The van der Waals surface area contributed by atoms with E-state index in [1.165, 1.54) is 0 Å². The Bertz CT molecular complexity index is 1240. The normalized spacial score (nSPS) is 23.3. The summed E-state index contributed by atoms with van der Waals surface area (Å²) in [6.07, 6.45) is 8.78. The smallest absolute Gasteiger partial charge is 0.261 e. The van der Waals surface area contributed by atoms with Crippen molar-refractivity contribution in [3.05, 3.63) is 47.9 Å². The van der Waals surface area contributed by atoms with Gasteiger partial charge in [-0.1, -0.05) is 0 Å². The zero-order chi connectivity index (χ0) is 23.3. The molecular weight excluding hydrogens is 434 g/mol. The maximum absolute atomic E-state index is 13.3. The number of nitrogens with one attached hydrogen (secondary N) is 1. The molecule has 5 heterocycles. The number of aliphatic hydroxyl groups excluding tert-OH is 1. The molecule has 34 heavy (non-hydrogen) atoms. The number of rotatable bonds is 4. The minimum atomic E-state index is -0.651. The third kappa shape index (κ3) is 3.59. The number of hydrogen-bond donors (Lipinski definition) is 2. The van der Waals surface area contributed by atoms with Crippen LogP contribution in [0.5, 0.6) is 5.75 Å². The van der Waals surface area contributed by atoms with Gasteiger partial charge >= 0.3 is 0 Å². The van der Waals surface area contributed by atoms with Gasteiger partial charge in [-0.3, -0.25) is 4.79 Å². The van der Waals surface area contributed by atoms with Crippen LogP contribution < -0.4 is 15.0 Å². The maximum Gasteiger partial charge on any atom is 0.261 e. The second-order valence-electron chi connectivity index (χ2n) is 10.1. The molecule has 2 saturated heterocycles. The SMILES string of the molecule is CC1(CO)Cc2cc(NC(=O)c3cnn4cccnc34)c(N3CCC4(CCOC4)CC3)cc2O1. The summed E-state index contributed by atoms with van der Waals surface area (Å²) in [5.74, 6) is 0.517. The van der Waals surface area contributed by atoms with Crippen molar-refractivity contribution in [1.82, 2.24) is 14.6 Å². The van der Waals surface area contributed by atoms with E-state index in [2.05, 4.69) is 20.3 Å². The van der Waals surface area contributed by atoms with Crippen LogP contribution in [0, 0.1) is 5.41 Å². The van der Waals surface area contributed by atoms with Gasteiger partial charge in [-0.15, -0.1) is 0 Å². The summed E-state index contributed by atoms with van der Waals surface area (Å²) in [7, 11) is 0. The highest BCUT2D eigenvalue weighted by Crippen LogP contribution is 2.45. The van der Waals surface area contributed by atoms with E-state index in [1.54, 1.807) is 29.2 Å². The van der Waals surface area contributed by atoms with Crippen LogP contribution in [0.2, 0.25) is 0 Å². The number of ether oxygens (including phenoxy) is 2. The Morgan fingerprint density at radius 1 is 1.26 bits per heavy atom. The molecular formula is C25H29N5O4. The third-order valence-electron chi connectivity index (χ3n) is 7.56. The number of carbonyl (C=O) groups is 1. The van der Waals surface area contributed by atoms with Crippen LogP contribution in [0.3, 0.4) is 0 Å². The highest BCUT2D eigenvalue weighted by atomic mass is 16.5. The van der Waals surface area contributed by atoms with Gasteiger partial charge in [-0.05, 0) is 43.7 Å². The minimum absolute atomic E-state index is 0.0704. The van der Waals surface area contributed by atoms with Crippen molar-refractivity contribution in [1.29, 1.82) is 0 Å². The number of piperidine rings is 1. The van der Waals surface area contributed by atoms with Gasteiger partial charge in [-0.25, -0.2) is 9.50 Å². The third-order valence-corrected chi connectivity index (χ3v) is 7.56. The first-order valence-electron chi connectivity index (χ1n) is 11.9. The van der Waals surface area contributed by atoms with Gasteiger partial charge in [0.15, 0.2) is 5.65 Å². The van der Waals surface area contributed by atoms with Crippen molar-refractivity contribution in [2.75, 3.05) is 43.1 Å². The Kier molecular flexibility index (Phi) is 5.00. The van der Waals surface area contributed by atoms with Gasteiger partial charge in [0, 0.05) is 50.1 Å². The van der Waals surface area contributed by atoms with Crippen molar-refractivity contribution >= 4 is 22.9 Å². The fraction of sp³-hybridized carbons (Fsp3) is 0.480. The van der Waals surface area contributed by atoms with Crippen molar-refractivity contribution in [3.8, 4) is 5.75 Å². The van der Waals surface area contributed by atoms with E-state index < -0.39 is 5.60 Å². The molecule has 1 spiro atoms. The molecule has 3 aliphatic heterocycles. The Labute approximate surface area is 197 Å². The van der Waals surface area contributed by atoms with E-state index in [9.17, 15) is 9.90 Å². The van der Waals surface area contributed by atoms with Crippen molar-refractivity contribution in [3.63, 3.8) is 0 Å². The lowest BCUT2D eigenvalue weighted by molar-refractivity contribution is 0.0447. The zero-order valence-corrected chi connectivity index (χ0v) is 19.3. The maximum atomic E-state index is 13.3. The fourth-order valence-electron chi connectivity index (χ4n) is 5.44. The molecule has 2 fully saturated rings. The van der Waals surface area contributed by atoms with E-state index in [0.29, 0.717) is 17.6 Å². The number of aliphatic hydroxyl groups is 1. The highest BCUT2D eigenvalue weighted by Gasteiger charge is 2.40. The monoisotopic (exact) mass is 463 g/mol. The van der Waals surface area contributed by atoms with E-state index in [-0.39, 0.29) is 17.9 Å². The molecule has 1 atom stereocenters. The van der Waals surface area contributed by atoms with Crippen molar-refractivity contribution in [2.24, 2.45) is 5.41 Å². The summed E-state index contributed by atoms with van der Waals surface area (Å²) in [6, 6.07) is 5.78. The van der Waals surface area contributed by atoms with Gasteiger partial charge in [0.1, 0.15) is 16.9 Å². The second kappa shape index (κ2) is 7.95. The Morgan fingerprint density at radius 3 is 2.88 bits per heavy atom. The molecule has 0 radical (unpaired) electrons. The fourth-order valence-corrected chi connectivity index (χ4v) is 5.44. The van der Waals surface area contributed by atoms with Crippen LogP contribution in [-0.2, 0) is 11.2 Å². The van der Waals surface area contributed by atoms with Crippen molar-refractivity contribution < 1.29 is 19.4 Å². The van der Waals surface area contributed by atoms with Gasteiger partial charge in [0.25, 0.3) is 5.91 Å². The first kappa shape index (κ1) is 21.4. The number of benzene rings is 1. The van der Waals surface area contributed by atoms with E-state index in [0.717, 1.165) is 68.3 Å². The molecule has 3 aromatic rings. The predicted octanol–water partition coefficient (Wildman–Crippen LogP) is 2.67. The number of fused-ring (bicyclic) bond motifs is 2. The number of amides is 1. The summed E-state index contributed by atoms with van der Waals surface area (Å²) in [5, 5.41) is 17.2. The average molecular weight is 464 g/mol. The van der Waals surface area contributed by atoms with E-state index in [1.807, 2.05) is 19.1 Å². The van der Waals surface area contributed by atoms with Crippen LogP contribution in [0.1, 0.15) is 42.1 Å². The molecule has 9 heteroatoms. The van der Waals surface area contributed by atoms with E-state index in [4.69, 9.17) is 9.47 Å². The Hall–Kier alpha value is -3.17. The number of hydrogen-bond acceptors (Lipinski definition) is 7. The first-order chi connectivity index (χ1) is 16.5. The largest absolute Gasteiger partial charge is 0.484 e. The molecule has 9 nitrogen and oxygen atoms in total. The number of carbonyl (C=O) groups excluding carboxylic acids is 1. The summed E-state index contributed by atoms with van der Waals surface area (Å²) >= 11 is 0. The quantitative estimate of drug-likeness (QED) is 0.613. The Morgan fingerprint density at radius 2 is 2.12 bits per heavy atom. The Balaban J connectivity index is 1.33.